The number of halogens is 2. The van der Waals surface area contributed by atoms with Crippen molar-refractivity contribution in [1.82, 2.24) is 10.6 Å². The van der Waals surface area contributed by atoms with E-state index in [1.54, 1.807) is 19.1 Å². The highest BCUT2D eigenvalue weighted by Crippen LogP contribution is 2.34. The van der Waals surface area contributed by atoms with Crippen molar-refractivity contribution in [2.45, 2.75) is 25.9 Å². The highest BCUT2D eigenvalue weighted by atomic mass is 35.5. The van der Waals surface area contributed by atoms with Crippen LogP contribution in [0.3, 0.4) is 0 Å². The second-order valence-corrected chi connectivity index (χ2v) is 6.10. The molecule has 1 aromatic rings. The molecule has 24 heavy (non-hydrogen) atoms. The van der Waals surface area contributed by atoms with Crippen LogP contribution in [0.25, 0.3) is 0 Å². The first-order chi connectivity index (χ1) is 11.6. The summed E-state index contributed by atoms with van der Waals surface area (Å²) < 4.78 is 25.1. The minimum absolute atomic E-state index is 0.0921. The second kappa shape index (κ2) is 9.81. The highest BCUT2D eigenvalue weighted by Gasteiger charge is 2.28. The third-order valence-corrected chi connectivity index (χ3v) is 4.29. The fraction of sp³-hybridized carbons (Fsp3) is 0.588. The number of piperidine rings is 1. The molecular weight excluding hydrogens is 335 g/mol. The molecule has 5 nitrogen and oxygen atoms in total. The molecule has 2 rings (SSSR count). The molecule has 1 heterocycles. The summed E-state index contributed by atoms with van der Waals surface area (Å²) in [5.74, 6) is -0.276. The molecule has 1 aliphatic heterocycles. The summed E-state index contributed by atoms with van der Waals surface area (Å²) in [6, 6.07) is 4.96. The predicted molar refractivity (Wildman–Crippen MR) is 90.7 cm³/mol. The van der Waals surface area contributed by atoms with Gasteiger partial charge in [-0.15, -0.1) is 0 Å². The minimum Gasteiger partial charge on any atom is -0.450 e. The van der Waals surface area contributed by atoms with Gasteiger partial charge in [-0.05, 0) is 32.4 Å². The number of carbonyl (C=O) groups is 1. The number of hydrogen-bond acceptors (Lipinski definition) is 4. The van der Waals surface area contributed by atoms with Gasteiger partial charge < -0.3 is 20.1 Å². The molecule has 7 heteroatoms. The largest absolute Gasteiger partial charge is 0.450 e. The molecule has 1 aliphatic rings. The van der Waals surface area contributed by atoms with E-state index in [0.29, 0.717) is 18.7 Å². The minimum atomic E-state index is -0.481. The van der Waals surface area contributed by atoms with Gasteiger partial charge in [-0.1, -0.05) is 23.7 Å². The molecule has 0 radical (unpaired) electrons. The van der Waals surface area contributed by atoms with Crippen molar-refractivity contribution < 1.29 is 18.7 Å². The molecule has 1 aromatic carbocycles. The van der Waals surface area contributed by atoms with Crippen molar-refractivity contribution in [3.8, 4) is 0 Å². The maximum Gasteiger partial charge on any atom is 0.407 e. The number of hydrogen-bond donors (Lipinski definition) is 2. The fourth-order valence-electron chi connectivity index (χ4n) is 2.88. The average molecular weight is 359 g/mol. The lowest BCUT2D eigenvalue weighted by Gasteiger charge is -2.31. The second-order valence-electron chi connectivity index (χ2n) is 5.69. The first-order valence-electron chi connectivity index (χ1n) is 8.30. The van der Waals surface area contributed by atoms with E-state index in [1.165, 1.54) is 6.07 Å². The van der Waals surface area contributed by atoms with Crippen LogP contribution in [0.5, 0.6) is 0 Å². The van der Waals surface area contributed by atoms with Crippen molar-refractivity contribution in [3.63, 3.8) is 0 Å². The molecule has 1 fully saturated rings. The van der Waals surface area contributed by atoms with Crippen molar-refractivity contribution in [1.29, 1.82) is 0 Å². The topological polar surface area (TPSA) is 59.6 Å². The standard InChI is InChI=1S/C17H24ClFN2O3/c1-2-23-17(22)21-9-10-24-16(12-5-4-8-20-11-12)13-6-3-7-14(18)15(13)19/h3,6-7,12,16,20H,2,4-5,8-11H2,1H3,(H,21,22)/t12-,16?/m1/s1. The van der Waals surface area contributed by atoms with E-state index in [0.717, 1.165) is 25.9 Å². The third-order valence-electron chi connectivity index (χ3n) is 4.00. The Bertz CT molecular complexity index is 539. The third kappa shape index (κ3) is 5.33. The zero-order valence-electron chi connectivity index (χ0n) is 13.8. The molecule has 1 unspecified atom stereocenters. The van der Waals surface area contributed by atoms with Crippen LogP contribution in [0.15, 0.2) is 18.2 Å². The van der Waals surface area contributed by atoms with E-state index in [2.05, 4.69) is 10.6 Å². The zero-order valence-corrected chi connectivity index (χ0v) is 14.6. The van der Waals surface area contributed by atoms with Gasteiger partial charge in [0, 0.05) is 24.6 Å². The molecule has 1 amide bonds. The summed E-state index contributed by atoms with van der Waals surface area (Å²) in [7, 11) is 0. The number of ether oxygens (including phenoxy) is 2. The van der Waals surface area contributed by atoms with E-state index in [-0.39, 0.29) is 17.5 Å². The number of rotatable bonds is 7. The smallest absolute Gasteiger partial charge is 0.407 e. The molecule has 0 aromatic heterocycles. The number of alkyl carbamates (subject to hydrolysis) is 1. The fourth-order valence-corrected chi connectivity index (χ4v) is 3.06. The molecule has 0 spiro atoms. The van der Waals surface area contributed by atoms with Gasteiger partial charge >= 0.3 is 6.09 Å². The Labute approximate surface area is 146 Å². The van der Waals surface area contributed by atoms with Gasteiger partial charge in [0.2, 0.25) is 0 Å². The maximum atomic E-state index is 14.4. The van der Waals surface area contributed by atoms with Crippen LogP contribution in [-0.2, 0) is 9.47 Å². The van der Waals surface area contributed by atoms with Gasteiger partial charge in [-0.25, -0.2) is 9.18 Å². The van der Waals surface area contributed by atoms with Gasteiger partial charge in [0.25, 0.3) is 0 Å². The van der Waals surface area contributed by atoms with Gasteiger partial charge in [-0.3, -0.25) is 0 Å². The van der Waals surface area contributed by atoms with Crippen molar-refractivity contribution >= 4 is 17.7 Å². The van der Waals surface area contributed by atoms with E-state index in [9.17, 15) is 9.18 Å². The Morgan fingerprint density at radius 1 is 1.54 bits per heavy atom. The lowest BCUT2D eigenvalue weighted by Crippen LogP contribution is -2.35. The van der Waals surface area contributed by atoms with E-state index in [4.69, 9.17) is 21.1 Å². The Balaban J connectivity index is 2.00. The van der Waals surface area contributed by atoms with Crippen molar-refractivity contribution in [3.05, 3.63) is 34.6 Å². The average Bonchev–Trinajstić information content (AvgIpc) is 2.59. The first kappa shape index (κ1) is 19.0. The molecule has 2 atom stereocenters. The van der Waals surface area contributed by atoms with Crippen LogP contribution >= 0.6 is 11.6 Å². The lowest BCUT2D eigenvalue weighted by molar-refractivity contribution is 0.00243. The number of benzene rings is 1. The summed E-state index contributed by atoms with van der Waals surface area (Å²) in [5, 5.41) is 6.01. The quantitative estimate of drug-likeness (QED) is 0.734. The Kier molecular flexibility index (Phi) is 7.75. The SMILES string of the molecule is CCOC(=O)NCCOC(c1cccc(Cl)c1F)[C@@H]1CCCNC1. The molecule has 0 saturated carbocycles. The molecule has 0 aliphatic carbocycles. The molecule has 1 saturated heterocycles. The molecule has 134 valence electrons. The normalized spacial score (nSPS) is 18.9. The Morgan fingerprint density at radius 3 is 3.08 bits per heavy atom. The highest BCUT2D eigenvalue weighted by molar-refractivity contribution is 6.30. The van der Waals surface area contributed by atoms with E-state index >= 15 is 0 Å². The zero-order chi connectivity index (χ0) is 17.4. The number of nitrogens with one attached hydrogen (secondary N) is 2. The van der Waals surface area contributed by atoms with Crippen LogP contribution < -0.4 is 10.6 Å². The molecule has 0 bridgehead atoms. The van der Waals surface area contributed by atoms with Crippen LogP contribution in [0.2, 0.25) is 5.02 Å². The van der Waals surface area contributed by atoms with Crippen LogP contribution in [0.4, 0.5) is 9.18 Å². The summed E-state index contributed by atoms with van der Waals surface area (Å²) in [6.45, 7) is 4.36. The number of carbonyl (C=O) groups excluding carboxylic acids is 1. The number of amides is 1. The molecular formula is C17H24ClFN2O3. The van der Waals surface area contributed by atoms with Gasteiger partial charge in [0.05, 0.1) is 24.3 Å². The molecule has 2 N–H and O–H groups in total. The maximum absolute atomic E-state index is 14.4. The summed E-state index contributed by atoms with van der Waals surface area (Å²) in [4.78, 5) is 11.3. The Morgan fingerprint density at radius 2 is 2.38 bits per heavy atom. The van der Waals surface area contributed by atoms with Crippen molar-refractivity contribution in [2.24, 2.45) is 5.92 Å². The van der Waals surface area contributed by atoms with Crippen LogP contribution in [-0.4, -0.2) is 38.9 Å². The summed E-state index contributed by atoms with van der Waals surface area (Å²) in [5.41, 5.74) is 0.465. The first-order valence-corrected chi connectivity index (χ1v) is 8.68. The van der Waals surface area contributed by atoms with Gasteiger partial charge in [-0.2, -0.15) is 0 Å². The predicted octanol–water partition coefficient (Wildman–Crippen LogP) is 3.28. The van der Waals surface area contributed by atoms with Crippen molar-refractivity contribution in [2.75, 3.05) is 32.8 Å². The van der Waals surface area contributed by atoms with Gasteiger partial charge in [0.15, 0.2) is 0 Å². The lowest BCUT2D eigenvalue weighted by atomic mass is 9.89. The summed E-state index contributed by atoms with van der Waals surface area (Å²) >= 11 is 5.91. The van der Waals surface area contributed by atoms with E-state index < -0.39 is 18.0 Å². The summed E-state index contributed by atoms with van der Waals surface area (Å²) in [6.07, 6.45) is 1.09. The van der Waals surface area contributed by atoms with E-state index in [1.807, 2.05) is 0 Å². The Hall–Kier alpha value is -1.37. The van der Waals surface area contributed by atoms with Gasteiger partial charge in [0.1, 0.15) is 5.82 Å². The monoisotopic (exact) mass is 358 g/mol. The van der Waals surface area contributed by atoms with Crippen LogP contribution in [0.1, 0.15) is 31.4 Å². The van der Waals surface area contributed by atoms with Crippen LogP contribution in [0, 0.1) is 11.7 Å².